The van der Waals surface area contributed by atoms with E-state index >= 15 is 0 Å². The molecule has 1 unspecified atom stereocenters. The number of anilines is 1. The molecule has 1 aromatic carbocycles. The predicted molar refractivity (Wildman–Crippen MR) is 65.4 cm³/mol. The SMILES string of the molecule is CCc1cc(O)cc(N2CCC(C(=O)O)C2)c1. The van der Waals surface area contributed by atoms with Crippen molar-refractivity contribution >= 4 is 11.7 Å². The molecule has 1 atom stereocenters. The smallest absolute Gasteiger partial charge is 0.308 e. The summed E-state index contributed by atoms with van der Waals surface area (Å²) in [4.78, 5) is 12.9. The molecule has 17 heavy (non-hydrogen) atoms. The average Bonchev–Trinajstić information content (AvgIpc) is 2.77. The van der Waals surface area contributed by atoms with Crippen molar-refractivity contribution in [2.24, 2.45) is 5.92 Å². The number of aromatic hydroxyl groups is 1. The molecule has 0 spiro atoms. The highest BCUT2D eigenvalue weighted by atomic mass is 16.4. The zero-order valence-corrected chi connectivity index (χ0v) is 9.89. The van der Waals surface area contributed by atoms with Gasteiger partial charge in [-0.15, -0.1) is 0 Å². The number of hydrogen-bond donors (Lipinski definition) is 2. The van der Waals surface area contributed by atoms with Crippen LogP contribution in [-0.2, 0) is 11.2 Å². The minimum absolute atomic E-state index is 0.248. The molecule has 1 saturated heterocycles. The molecule has 0 aromatic heterocycles. The van der Waals surface area contributed by atoms with Crippen LogP contribution in [0.5, 0.6) is 5.75 Å². The van der Waals surface area contributed by atoms with Gasteiger partial charge in [-0.3, -0.25) is 4.79 Å². The van der Waals surface area contributed by atoms with E-state index in [9.17, 15) is 9.90 Å². The minimum Gasteiger partial charge on any atom is -0.508 e. The topological polar surface area (TPSA) is 60.8 Å². The standard InChI is InChI=1S/C13H17NO3/c1-2-9-5-11(7-12(15)6-9)14-4-3-10(8-14)13(16)17/h5-7,10,15H,2-4,8H2,1H3,(H,16,17). The van der Waals surface area contributed by atoms with Gasteiger partial charge in [-0.1, -0.05) is 6.92 Å². The lowest BCUT2D eigenvalue weighted by atomic mass is 10.1. The van der Waals surface area contributed by atoms with Gasteiger partial charge >= 0.3 is 5.97 Å². The zero-order chi connectivity index (χ0) is 12.4. The number of carboxylic acid groups (broad SMARTS) is 1. The number of aryl methyl sites for hydroxylation is 1. The molecule has 4 nitrogen and oxygen atoms in total. The van der Waals surface area contributed by atoms with E-state index in [1.54, 1.807) is 12.1 Å². The van der Waals surface area contributed by atoms with Crippen molar-refractivity contribution in [2.45, 2.75) is 19.8 Å². The lowest BCUT2D eigenvalue weighted by molar-refractivity contribution is -0.140. The highest BCUT2D eigenvalue weighted by Gasteiger charge is 2.28. The largest absolute Gasteiger partial charge is 0.508 e. The van der Waals surface area contributed by atoms with Gasteiger partial charge in [-0.25, -0.2) is 0 Å². The van der Waals surface area contributed by atoms with Crippen LogP contribution in [0.3, 0.4) is 0 Å². The second kappa shape index (κ2) is 4.65. The van der Waals surface area contributed by atoms with Crippen molar-refractivity contribution in [1.82, 2.24) is 0 Å². The second-order valence-corrected chi connectivity index (χ2v) is 4.48. The van der Waals surface area contributed by atoms with E-state index in [1.807, 2.05) is 17.9 Å². The van der Waals surface area contributed by atoms with Crippen LogP contribution in [0, 0.1) is 5.92 Å². The summed E-state index contributed by atoms with van der Waals surface area (Å²) in [7, 11) is 0. The van der Waals surface area contributed by atoms with Crippen LogP contribution in [0.4, 0.5) is 5.69 Å². The summed E-state index contributed by atoms with van der Waals surface area (Å²) in [6.07, 6.45) is 1.53. The number of carboxylic acids is 1. The first kappa shape index (κ1) is 11.8. The molecular formula is C13H17NO3. The van der Waals surface area contributed by atoms with Crippen LogP contribution in [-0.4, -0.2) is 29.3 Å². The van der Waals surface area contributed by atoms with Gasteiger partial charge < -0.3 is 15.1 Å². The summed E-state index contributed by atoms with van der Waals surface area (Å²) in [6.45, 7) is 3.30. The van der Waals surface area contributed by atoms with Crippen LogP contribution in [0.2, 0.25) is 0 Å². The first-order valence-electron chi connectivity index (χ1n) is 5.91. The Hall–Kier alpha value is -1.71. The van der Waals surface area contributed by atoms with E-state index < -0.39 is 5.97 Å². The normalized spacial score (nSPS) is 19.6. The Bertz CT molecular complexity index is 431. The maximum atomic E-state index is 10.9. The Morgan fingerprint density at radius 3 is 2.82 bits per heavy atom. The van der Waals surface area contributed by atoms with Crippen molar-refractivity contribution in [1.29, 1.82) is 0 Å². The van der Waals surface area contributed by atoms with Gasteiger partial charge in [-0.2, -0.15) is 0 Å². The van der Waals surface area contributed by atoms with Crippen LogP contribution in [0.15, 0.2) is 18.2 Å². The third-order valence-electron chi connectivity index (χ3n) is 3.27. The van der Waals surface area contributed by atoms with Gasteiger partial charge in [-0.05, 0) is 30.5 Å². The first-order valence-corrected chi connectivity index (χ1v) is 5.91. The van der Waals surface area contributed by atoms with Crippen molar-refractivity contribution in [3.63, 3.8) is 0 Å². The molecule has 92 valence electrons. The summed E-state index contributed by atoms with van der Waals surface area (Å²) in [5.41, 5.74) is 1.99. The summed E-state index contributed by atoms with van der Waals surface area (Å²) in [6, 6.07) is 5.46. The molecule has 2 rings (SSSR count). The average molecular weight is 235 g/mol. The summed E-state index contributed by atoms with van der Waals surface area (Å²) in [5, 5.41) is 18.6. The zero-order valence-electron chi connectivity index (χ0n) is 9.89. The molecule has 1 heterocycles. The van der Waals surface area contributed by atoms with Gasteiger partial charge in [0.1, 0.15) is 5.75 Å². The number of nitrogens with zero attached hydrogens (tertiary/aromatic N) is 1. The highest BCUT2D eigenvalue weighted by Crippen LogP contribution is 2.28. The number of rotatable bonds is 3. The highest BCUT2D eigenvalue weighted by molar-refractivity contribution is 5.72. The molecule has 4 heteroatoms. The van der Waals surface area contributed by atoms with Crippen LogP contribution < -0.4 is 4.90 Å². The van der Waals surface area contributed by atoms with E-state index in [0.29, 0.717) is 13.0 Å². The molecule has 0 saturated carbocycles. The van der Waals surface area contributed by atoms with Crippen molar-refractivity contribution < 1.29 is 15.0 Å². The quantitative estimate of drug-likeness (QED) is 0.839. The molecular weight excluding hydrogens is 218 g/mol. The van der Waals surface area contributed by atoms with Crippen LogP contribution >= 0.6 is 0 Å². The number of benzene rings is 1. The van der Waals surface area contributed by atoms with Gasteiger partial charge in [0.15, 0.2) is 0 Å². The summed E-state index contributed by atoms with van der Waals surface area (Å²) < 4.78 is 0. The Labute approximate surface area is 100 Å². The third-order valence-corrected chi connectivity index (χ3v) is 3.27. The van der Waals surface area contributed by atoms with E-state index in [-0.39, 0.29) is 11.7 Å². The van der Waals surface area contributed by atoms with E-state index in [4.69, 9.17) is 5.11 Å². The fourth-order valence-electron chi connectivity index (χ4n) is 2.24. The maximum Gasteiger partial charge on any atom is 0.308 e. The predicted octanol–water partition coefficient (Wildman–Crippen LogP) is 1.87. The number of phenols is 1. The Balaban J connectivity index is 2.18. The van der Waals surface area contributed by atoms with Gasteiger partial charge in [0.25, 0.3) is 0 Å². The molecule has 0 aliphatic carbocycles. The molecule has 2 N–H and O–H groups in total. The minimum atomic E-state index is -0.733. The number of carbonyl (C=O) groups is 1. The molecule has 0 amide bonds. The fourth-order valence-corrected chi connectivity index (χ4v) is 2.24. The second-order valence-electron chi connectivity index (χ2n) is 4.48. The number of phenolic OH excluding ortho intramolecular Hbond substituents is 1. The summed E-state index contributed by atoms with van der Waals surface area (Å²) >= 11 is 0. The van der Waals surface area contributed by atoms with Crippen LogP contribution in [0.1, 0.15) is 18.9 Å². The van der Waals surface area contributed by atoms with Crippen molar-refractivity contribution in [2.75, 3.05) is 18.0 Å². The molecule has 0 bridgehead atoms. The van der Waals surface area contributed by atoms with Crippen molar-refractivity contribution in [3.05, 3.63) is 23.8 Å². The first-order chi connectivity index (χ1) is 8.10. The molecule has 1 aliphatic heterocycles. The molecule has 1 fully saturated rings. The van der Waals surface area contributed by atoms with Gasteiger partial charge in [0.05, 0.1) is 5.92 Å². The van der Waals surface area contributed by atoms with Crippen molar-refractivity contribution in [3.8, 4) is 5.75 Å². The van der Waals surface area contributed by atoms with E-state index in [1.165, 1.54) is 0 Å². The Kier molecular flexibility index (Phi) is 3.22. The van der Waals surface area contributed by atoms with E-state index in [2.05, 4.69) is 0 Å². The monoisotopic (exact) mass is 235 g/mol. The lowest BCUT2D eigenvalue weighted by Gasteiger charge is -2.19. The fraction of sp³-hybridized carbons (Fsp3) is 0.462. The Morgan fingerprint density at radius 2 is 2.24 bits per heavy atom. The Morgan fingerprint density at radius 1 is 1.47 bits per heavy atom. The molecule has 1 aromatic rings. The molecule has 1 aliphatic rings. The third kappa shape index (κ3) is 2.52. The molecule has 0 radical (unpaired) electrons. The maximum absolute atomic E-state index is 10.9. The number of aliphatic carboxylic acids is 1. The van der Waals surface area contributed by atoms with Gasteiger partial charge in [0.2, 0.25) is 0 Å². The van der Waals surface area contributed by atoms with Gasteiger partial charge in [0, 0.05) is 24.8 Å². The number of hydrogen-bond acceptors (Lipinski definition) is 3. The summed E-state index contributed by atoms with van der Waals surface area (Å²) in [5.74, 6) is -0.774. The van der Waals surface area contributed by atoms with Crippen LogP contribution in [0.25, 0.3) is 0 Å². The lowest BCUT2D eigenvalue weighted by Crippen LogP contribution is -2.22. The van der Waals surface area contributed by atoms with E-state index in [0.717, 1.165) is 24.2 Å².